The summed E-state index contributed by atoms with van der Waals surface area (Å²) in [6, 6.07) is 12.2. The Morgan fingerprint density at radius 2 is 1.76 bits per heavy atom. The van der Waals surface area contributed by atoms with Crippen LogP contribution < -0.4 is 10.1 Å². The van der Waals surface area contributed by atoms with E-state index in [1.54, 1.807) is 12.1 Å². The van der Waals surface area contributed by atoms with Crippen LogP contribution in [0.15, 0.2) is 48.5 Å². The van der Waals surface area contributed by atoms with Crippen LogP contribution in [0.5, 0.6) is 11.5 Å². The first-order valence-corrected chi connectivity index (χ1v) is 9.27. The highest BCUT2D eigenvalue weighted by atomic mass is 16.5. The minimum atomic E-state index is -0.955. The molecule has 1 atom stereocenters. The van der Waals surface area contributed by atoms with Crippen LogP contribution in [0, 0.1) is 0 Å². The highest BCUT2D eigenvalue weighted by Crippen LogP contribution is 2.27. The highest BCUT2D eigenvalue weighted by molar-refractivity contribution is 5.96. The van der Waals surface area contributed by atoms with Crippen molar-refractivity contribution in [1.29, 1.82) is 0 Å². The number of ether oxygens (including phenoxy) is 2. The topological polar surface area (TPSA) is 84.9 Å². The lowest BCUT2D eigenvalue weighted by Gasteiger charge is -2.19. The summed E-state index contributed by atoms with van der Waals surface area (Å²) in [5.74, 6) is -0.761. The molecule has 0 aromatic heterocycles. The molecule has 0 radical (unpaired) electrons. The fourth-order valence-corrected chi connectivity index (χ4v) is 2.53. The molecule has 2 rings (SSSR count). The number of nitrogens with one attached hydrogen (secondary N) is 1. The van der Waals surface area contributed by atoms with E-state index in [2.05, 4.69) is 26.1 Å². The maximum atomic E-state index is 12.3. The van der Waals surface area contributed by atoms with Crippen LogP contribution in [-0.2, 0) is 19.7 Å². The van der Waals surface area contributed by atoms with Gasteiger partial charge in [-0.2, -0.15) is 0 Å². The number of carbonyl (C=O) groups is 2. The number of aromatic hydroxyl groups is 1. The van der Waals surface area contributed by atoms with Crippen LogP contribution >= 0.6 is 0 Å². The molecule has 29 heavy (non-hydrogen) atoms. The summed E-state index contributed by atoms with van der Waals surface area (Å²) in [6.07, 6.45) is 1.78. The zero-order valence-corrected chi connectivity index (χ0v) is 17.4. The van der Waals surface area contributed by atoms with Crippen LogP contribution in [0.1, 0.15) is 38.8 Å². The van der Waals surface area contributed by atoms with E-state index in [0.29, 0.717) is 17.0 Å². The first-order valence-electron chi connectivity index (χ1n) is 9.27. The lowest BCUT2D eigenvalue weighted by molar-refractivity contribution is -0.148. The average Bonchev–Trinajstić information content (AvgIpc) is 2.67. The van der Waals surface area contributed by atoms with Crippen molar-refractivity contribution in [2.75, 3.05) is 12.4 Å². The summed E-state index contributed by atoms with van der Waals surface area (Å²) in [5.41, 5.74) is 2.47. The van der Waals surface area contributed by atoms with E-state index in [4.69, 9.17) is 9.47 Å². The van der Waals surface area contributed by atoms with Gasteiger partial charge in [-0.3, -0.25) is 4.79 Å². The number of anilines is 1. The van der Waals surface area contributed by atoms with Gasteiger partial charge in [0.05, 0.1) is 7.11 Å². The largest absolute Gasteiger partial charge is 0.504 e. The molecular formula is C23H27NO5. The van der Waals surface area contributed by atoms with Gasteiger partial charge in [-0.05, 0) is 53.8 Å². The third kappa shape index (κ3) is 6.38. The number of phenolic OH excluding ortho intramolecular Hbond substituents is 1. The van der Waals surface area contributed by atoms with Gasteiger partial charge in [-0.15, -0.1) is 0 Å². The molecule has 0 saturated carbocycles. The number of benzene rings is 2. The molecular weight excluding hydrogens is 370 g/mol. The Morgan fingerprint density at radius 3 is 2.34 bits per heavy atom. The van der Waals surface area contributed by atoms with Crippen LogP contribution in [0.4, 0.5) is 5.69 Å². The first kappa shape index (κ1) is 22.0. The summed E-state index contributed by atoms with van der Waals surface area (Å²) in [5, 5.41) is 12.3. The van der Waals surface area contributed by atoms with E-state index >= 15 is 0 Å². The first-order chi connectivity index (χ1) is 13.6. The van der Waals surface area contributed by atoms with Crippen molar-refractivity contribution >= 4 is 23.6 Å². The summed E-state index contributed by atoms with van der Waals surface area (Å²) in [6.45, 7) is 7.85. The molecule has 2 N–H and O–H groups in total. The number of esters is 1. The number of methoxy groups -OCH3 is 1. The van der Waals surface area contributed by atoms with Gasteiger partial charge in [-0.25, -0.2) is 4.79 Å². The van der Waals surface area contributed by atoms with Gasteiger partial charge in [0.1, 0.15) is 0 Å². The van der Waals surface area contributed by atoms with Gasteiger partial charge in [0.25, 0.3) is 5.91 Å². The summed E-state index contributed by atoms with van der Waals surface area (Å²) in [4.78, 5) is 24.3. The van der Waals surface area contributed by atoms with Gasteiger partial charge in [0.2, 0.25) is 0 Å². The Hall–Kier alpha value is -3.28. The van der Waals surface area contributed by atoms with E-state index in [-0.39, 0.29) is 11.2 Å². The van der Waals surface area contributed by atoms with E-state index in [9.17, 15) is 14.7 Å². The fourth-order valence-electron chi connectivity index (χ4n) is 2.53. The van der Waals surface area contributed by atoms with Crippen molar-refractivity contribution in [3.63, 3.8) is 0 Å². The summed E-state index contributed by atoms with van der Waals surface area (Å²) >= 11 is 0. The number of hydrogen-bond donors (Lipinski definition) is 2. The molecule has 154 valence electrons. The standard InChI is InChI=1S/C23H27NO5/c1-15(22(27)24-18-10-8-17(9-11-18)23(2,3)4)29-21(26)13-7-16-6-12-19(25)20(14-16)28-5/h6-15,25H,1-5H3,(H,24,27). The van der Waals surface area contributed by atoms with Gasteiger partial charge in [0.15, 0.2) is 17.6 Å². The molecule has 0 spiro atoms. The predicted octanol–water partition coefficient (Wildman–Crippen LogP) is 4.28. The second-order valence-electron chi connectivity index (χ2n) is 7.66. The van der Waals surface area contributed by atoms with Gasteiger partial charge in [-0.1, -0.05) is 39.0 Å². The monoisotopic (exact) mass is 397 g/mol. The molecule has 6 nitrogen and oxygen atoms in total. The molecule has 0 saturated heterocycles. The Morgan fingerprint density at radius 1 is 1.10 bits per heavy atom. The van der Waals surface area contributed by atoms with Crippen molar-refractivity contribution in [2.45, 2.75) is 39.2 Å². The third-order valence-corrected chi connectivity index (χ3v) is 4.30. The quantitative estimate of drug-likeness (QED) is 0.561. The van der Waals surface area contributed by atoms with Crippen molar-refractivity contribution in [1.82, 2.24) is 0 Å². The molecule has 0 aliphatic carbocycles. The lowest BCUT2D eigenvalue weighted by Crippen LogP contribution is -2.29. The normalized spacial score (nSPS) is 12.4. The maximum Gasteiger partial charge on any atom is 0.331 e. The lowest BCUT2D eigenvalue weighted by atomic mass is 9.87. The van der Waals surface area contributed by atoms with Crippen LogP contribution in [-0.4, -0.2) is 30.2 Å². The SMILES string of the molecule is COc1cc(C=CC(=O)OC(C)C(=O)Nc2ccc(C(C)(C)C)cc2)ccc1O. The second-order valence-corrected chi connectivity index (χ2v) is 7.66. The van der Waals surface area contributed by atoms with Crippen LogP contribution in [0.25, 0.3) is 6.08 Å². The maximum absolute atomic E-state index is 12.3. The molecule has 2 aromatic rings. The van der Waals surface area contributed by atoms with E-state index in [1.165, 1.54) is 32.3 Å². The van der Waals surface area contributed by atoms with Crippen molar-refractivity contribution in [2.24, 2.45) is 0 Å². The van der Waals surface area contributed by atoms with Crippen LogP contribution in [0.2, 0.25) is 0 Å². The van der Waals surface area contributed by atoms with Crippen molar-refractivity contribution in [3.8, 4) is 11.5 Å². The molecule has 1 unspecified atom stereocenters. The van der Waals surface area contributed by atoms with Crippen LogP contribution in [0.3, 0.4) is 0 Å². The molecule has 0 aliphatic heterocycles. The van der Waals surface area contributed by atoms with Gasteiger partial charge >= 0.3 is 5.97 Å². The molecule has 6 heteroatoms. The zero-order valence-electron chi connectivity index (χ0n) is 17.4. The summed E-state index contributed by atoms with van der Waals surface area (Å²) in [7, 11) is 1.44. The van der Waals surface area contributed by atoms with Gasteiger partial charge in [0, 0.05) is 11.8 Å². The third-order valence-electron chi connectivity index (χ3n) is 4.30. The molecule has 0 bridgehead atoms. The molecule has 0 fully saturated rings. The Bertz CT molecular complexity index is 894. The minimum Gasteiger partial charge on any atom is -0.504 e. The second kappa shape index (κ2) is 9.28. The smallest absolute Gasteiger partial charge is 0.331 e. The molecule has 2 aromatic carbocycles. The van der Waals surface area contributed by atoms with Crippen molar-refractivity contribution < 1.29 is 24.2 Å². The Labute approximate surface area is 171 Å². The van der Waals surface area contributed by atoms with E-state index < -0.39 is 18.0 Å². The average molecular weight is 397 g/mol. The highest BCUT2D eigenvalue weighted by Gasteiger charge is 2.18. The number of phenols is 1. The zero-order chi connectivity index (χ0) is 21.6. The minimum absolute atomic E-state index is 0.00746. The Kier molecular flexibility index (Phi) is 7.04. The summed E-state index contributed by atoms with van der Waals surface area (Å²) < 4.78 is 10.2. The predicted molar refractivity (Wildman–Crippen MR) is 113 cm³/mol. The number of amides is 1. The van der Waals surface area contributed by atoms with E-state index in [0.717, 1.165) is 5.56 Å². The van der Waals surface area contributed by atoms with Gasteiger partial charge < -0.3 is 19.9 Å². The van der Waals surface area contributed by atoms with Crippen molar-refractivity contribution in [3.05, 3.63) is 59.7 Å². The number of rotatable bonds is 6. The molecule has 1 amide bonds. The molecule has 0 aliphatic rings. The number of carbonyl (C=O) groups excluding carboxylic acids is 2. The van der Waals surface area contributed by atoms with E-state index in [1.807, 2.05) is 24.3 Å². The molecule has 0 heterocycles. The Balaban J connectivity index is 1.92. The number of hydrogen-bond acceptors (Lipinski definition) is 5. The fraction of sp³-hybridized carbons (Fsp3) is 0.304.